The Hall–Kier alpha value is -1.95. The van der Waals surface area contributed by atoms with Gasteiger partial charge in [0, 0.05) is 23.3 Å². The van der Waals surface area contributed by atoms with Crippen molar-refractivity contribution >= 4 is 15.9 Å². The molecular weight excluding hydrogens is 296 g/mol. The second-order valence-electron chi connectivity index (χ2n) is 3.77. The molecule has 2 heterocycles. The van der Waals surface area contributed by atoms with Crippen molar-refractivity contribution in [3.8, 4) is 17.3 Å². The summed E-state index contributed by atoms with van der Waals surface area (Å²) >= 11 is 3.44. The van der Waals surface area contributed by atoms with Crippen LogP contribution >= 0.6 is 15.9 Å². The van der Waals surface area contributed by atoms with Crippen LogP contribution < -0.4 is 0 Å². The molecule has 0 aliphatic rings. The van der Waals surface area contributed by atoms with Crippen molar-refractivity contribution in [2.75, 3.05) is 0 Å². The summed E-state index contributed by atoms with van der Waals surface area (Å²) in [4.78, 5) is 4.26. The first-order valence-electron chi connectivity index (χ1n) is 5.33. The molecule has 3 aromatic rings. The van der Waals surface area contributed by atoms with Crippen molar-refractivity contribution in [1.29, 1.82) is 0 Å². The van der Waals surface area contributed by atoms with Crippen molar-refractivity contribution in [2.45, 2.75) is 6.92 Å². The van der Waals surface area contributed by atoms with Gasteiger partial charge in [-0.3, -0.25) is 0 Å². The third-order valence-corrected chi connectivity index (χ3v) is 2.93. The molecule has 0 saturated heterocycles. The van der Waals surface area contributed by atoms with Gasteiger partial charge in [-0.1, -0.05) is 22.0 Å². The molecule has 0 atom stereocenters. The number of aromatic nitrogens is 4. The Morgan fingerprint density at radius 3 is 2.89 bits per heavy atom. The summed E-state index contributed by atoms with van der Waals surface area (Å²) in [7, 11) is 0. The van der Waals surface area contributed by atoms with Crippen LogP contribution in [0.3, 0.4) is 0 Å². The van der Waals surface area contributed by atoms with E-state index in [0.29, 0.717) is 17.5 Å². The molecule has 0 amide bonds. The van der Waals surface area contributed by atoms with Crippen LogP contribution in [0.1, 0.15) is 5.89 Å². The molecule has 0 fully saturated rings. The van der Waals surface area contributed by atoms with E-state index < -0.39 is 0 Å². The summed E-state index contributed by atoms with van der Waals surface area (Å²) in [6.07, 6.45) is 3.57. The highest BCUT2D eigenvalue weighted by Gasteiger charge is 2.09. The van der Waals surface area contributed by atoms with Crippen LogP contribution in [0.2, 0.25) is 0 Å². The van der Waals surface area contributed by atoms with Crippen LogP contribution in [0.4, 0.5) is 0 Å². The number of benzene rings is 1. The summed E-state index contributed by atoms with van der Waals surface area (Å²) in [6.45, 7) is 1.75. The van der Waals surface area contributed by atoms with E-state index in [2.05, 4.69) is 31.1 Å². The van der Waals surface area contributed by atoms with Crippen molar-refractivity contribution < 1.29 is 4.42 Å². The average Bonchev–Trinajstić information content (AvgIpc) is 2.97. The summed E-state index contributed by atoms with van der Waals surface area (Å²) in [5.41, 5.74) is 1.68. The van der Waals surface area contributed by atoms with E-state index >= 15 is 0 Å². The molecule has 0 aliphatic heterocycles. The topological polar surface area (TPSA) is 56.7 Å². The molecule has 2 aromatic heterocycles. The molecule has 1 aromatic carbocycles. The second-order valence-corrected chi connectivity index (χ2v) is 4.69. The Kier molecular flexibility index (Phi) is 2.71. The minimum absolute atomic E-state index is 0.432. The zero-order valence-electron chi connectivity index (χ0n) is 9.54. The molecular formula is C12H9BrN4O. The van der Waals surface area contributed by atoms with Crippen molar-refractivity contribution in [3.05, 3.63) is 47.2 Å². The Balaban J connectivity index is 1.99. The van der Waals surface area contributed by atoms with Gasteiger partial charge in [0.1, 0.15) is 12.0 Å². The van der Waals surface area contributed by atoms with E-state index in [0.717, 1.165) is 10.2 Å². The number of rotatable bonds is 2. The third kappa shape index (κ3) is 2.06. The van der Waals surface area contributed by atoms with Gasteiger partial charge in [-0.25, -0.2) is 4.98 Å². The third-order valence-electron chi connectivity index (χ3n) is 2.43. The van der Waals surface area contributed by atoms with Crippen LogP contribution in [0.25, 0.3) is 17.3 Å². The van der Waals surface area contributed by atoms with Gasteiger partial charge in [-0.2, -0.15) is 0 Å². The number of aryl methyl sites for hydroxylation is 1. The minimum Gasteiger partial charge on any atom is -0.420 e. The number of imidazole rings is 1. The summed E-state index contributed by atoms with van der Waals surface area (Å²) in [5, 5.41) is 7.72. The van der Waals surface area contributed by atoms with Crippen LogP contribution in [-0.4, -0.2) is 19.7 Å². The second kappa shape index (κ2) is 4.38. The lowest BCUT2D eigenvalue weighted by atomic mass is 10.3. The number of nitrogens with zero attached hydrogens (tertiary/aromatic N) is 4. The Morgan fingerprint density at radius 2 is 2.17 bits per heavy atom. The first-order chi connectivity index (χ1) is 8.72. The summed E-state index contributed by atoms with van der Waals surface area (Å²) in [5.74, 6) is 0.961. The Labute approximate surface area is 112 Å². The lowest BCUT2D eigenvalue weighted by Gasteiger charge is -2.01. The highest BCUT2D eigenvalue weighted by molar-refractivity contribution is 9.10. The van der Waals surface area contributed by atoms with Gasteiger partial charge >= 0.3 is 0 Å². The summed E-state index contributed by atoms with van der Waals surface area (Å²) in [6, 6.07) is 7.94. The standard InChI is InChI=1S/C12H9BrN4O/c1-8-15-16-12(18-8)11-6-17(7-14-11)10-4-2-3-9(13)5-10/h2-7H,1H3. The smallest absolute Gasteiger partial charge is 0.267 e. The number of hydrogen-bond acceptors (Lipinski definition) is 4. The van der Waals surface area contributed by atoms with Gasteiger partial charge in [0.05, 0.1) is 0 Å². The van der Waals surface area contributed by atoms with Crippen molar-refractivity contribution in [1.82, 2.24) is 19.7 Å². The van der Waals surface area contributed by atoms with E-state index in [1.807, 2.05) is 35.0 Å². The molecule has 18 heavy (non-hydrogen) atoms. The van der Waals surface area contributed by atoms with Gasteiger partial charge in [0.15, 0.2) is 0 Å². The molecule has 0 N–H and O–H groups in total. The van der Waals surface area contributed by atoms with E-state index in [4.69, 9.17) is 4.42 Å². The van der Waals surface area contributed by atoms with Crippen molar-refractivity contribution in [3.63, 3.8) is 0 Å². The van der Waals surface area contributed by atoms with Crippen LogP contribution in [-0.2, 0) is 0 Å². The Bertz CT molecular complexity index is 689. The molecule has 0 radical (unpaired) electrons. The minimum atomic E-state index is 0.432. The van der Waals surface area contributed by atoms with E-state index in [1.54, 1.807) is 13.3 Å². The fourth-order valence-electron chi connectivity index (χ4n) is 1.61. The monoisotopic (exact) mass is 304 g/mol. The predicted molar refractivity (Wildman–Crippen MR) is 69.3 cm³/mol. The Morgan fingerprint density at radius 1 is 1.28 bits per heavy atom. The van der Waals surface area contributed by atoms with Gasteiger partial charge in [0.2, 0.25) is 5.89 Å². The molecule has 0 saturated carbocycles. The molecule has 90 valence electrons. The van der Waals surface area contributed by atoms with E-state index in [9.17, 15) is 0 Å². The van der Waals surface area contributed by atoms with Gasteiger partial charge in [0.25, 0.3) is 5.89 Å². The number of hydrogen-bond donors (Lipinski definition) is 0. The first-order valence-corrected chi connectivity index (χ1v) is 6.12. The number of halogens is 1. The zero-order valence-corrected chi connectivity index (χ0v) is 11.1. The first kappa shape index (κ1) is 11.2. The van der Waals surface area contributed by atoms with Gasteiger partial charge in [-0.15, -0.1) is 10.2 Å². The fourth-order valence-corrected chi connectivity index (χ4v) is 2.00. The molecule has 0 unspecified atom stereocenters. The molecule has 0 aliphatic carbocycles. The summed E-state index contributed by atoms with van der Waals surface area (Å²) < 4.78 is 8.26. The normalized spacial score (nSPS) is 10.8. The van der Waals surface area contributed by atoms with Crippen LogP contribution in [0.15, 0.2) is 45.7 Å². The lowest BCUT2D eigenvalue weighted by molar-refractivity contribution is 0.531. The van der Waals surface area contributed by atoms with Gasteiger partial charge < -0.3 is 8.98 Å². The SMILES string of the molecule is Cc1nnc(-c2cn(-c3cccc(Br)c3)cn2)o1. The maximum absolute atomic E-state index is 5.34. The molecule has 0 spiro atoms. The maximum Gasteiger partial charge on any atom is 0.267 e. The highest BCUT2D eigenvalue weighted by atomic mass is 79.9. The fraction of sp³-hybridized carbons (Fsp3) is 0.0833. The van der Waals surface area contributed by atoms with Crippen LogP contribution in [0, 0.1) is 6.92 Å². The van der Waals surface area contributed by atoms with Gasteiger partial charge in [-0.05, 0) is 18.2 Å². The molecule has 0 bridgehead atoms. The van der Waals surface area contributed by atoms with Crippen molar-refractivity contribution in [2.24, 2.45) is 0 Å². The average molecular weight is 305 g/mol. The highest BCUT2D eigenvalue weighted by Crippen LogP contribution is 2.19. The van der Waals surface area contributed by atoms with E-state index in [-0.39, 0.29) is 0 Å². The maximum atomic E-state index is 5.34. The lowest BCUT2D eigenvalue weighted by Crippen LogP contribution is -1.88. The zero-order chi connectivity index (χ0) is 12.5. The van der Waals surface area contributed by atoms with E-state index in [1.165, 1.54) is 0 Å². The molecule has 5 nitrogen and oxygen atoms in total. The predicted octanol–water partition coefficient (Wildman–Crippen LogP) is 2.99. The largest absolute Gasteiger partial charge is 0.420 e. The molecule has 6 heteroatoms. The van der Waals surface area contributed by atoms with Crippen LogP contribution in [0.5, 0.6) is 0 Å². The quantitative estimate of drug-likeness (QED) is 0.730. The molecule has 3 rings (SSSR count).